The van der Waals surface area contributed by atoms with Crippen LogP contribution in [-0.4, -0.2) is 23.9 Å². The largest absolute Gasteiger partial charge is 0.477 e. The quantitative estimate of drug-likeness (QED) is 0.759. The van der Waals surface area contributed by atoms with Crippen molar-refractivity contribution in [3.05, 3.63) is 16.0 Å². The Hall–Kier alpha value is -0.520. The highest BCUT2D eigenvalue weighted by atomic mass is 32.2. The summed E-state index contributed by atoms with van der Waals surface area (Å²) in [6, 6.07) is 0. The van der Waals surface area contributed by atoms with E-state index in [9.17, 15) is 4.79 Å². The third-order valence-corrected chi connectivity index (χ3v) is 4.74. The molecule has 1 aliphatic rings. The molecule has 0 bridgehead atoms. The zero-order valence-corrected chi connectivity index (χ0v) is 9.43. The summed E-state index contributed by atoms with van der Waals surface area (Å²) in [4.78, 5) is 11.5. The van der Waals surface area contributed by atoms with Crippen LogP contribution in [0.5, 0.6) is 0 Å². The molecular weight excluding hydrogens is 218 g/mol. The number of thioether (sulfide) groups is 1. The fourth-order valence-electron chi connectivity index (χ4n) is 1.68. The third kappa shape index (κ3) is 1.55. The van der Waals surface area contributed by atoms with Crippen molar-refractivity contribution in [1.29, 1.82) is 0 Å². The highest BCUT2D eigenvalue weighted by Gasteiger charge is 2.23. The zero-order chi connectivity index (χ0) is 10.1. The SMILES string of the molecule is CSc1sc(C(=O)O)c2c1CNCC2. The van der Waals surface area contributed by atoms with Crippen molar-refractivity contribution in [3.8, 4) is 0 Å². The van der Waals surface area contributed by atoms with Gasteiger partial charge in [0.2, 0.25) is 0 Å². The first-order valence-corrected chi connectivity index (χ1v) is 6.40. The van der Waals surface area contributed by atoms with Crippen LogP contribution >= 0.6 is 23.1 Å². The predicted molar refractivity (Wildman–Crippen MR) is 58.5 cm³/mol. The molecule has 5 heteroatoms. The Kier molecular flexibility index (Phi) is 2.80. The summed E-state index contributed by atoms with van der Waals surface area (Å²) in [5.41, 5.74) is 2.25. The normalized spacial score (nSPS) is 15.2. The van der Waals surface area contributed by atoms with Gasteiger partial charge in [0.15, 0.2) is 0 Å². The van der Waals surface area contributed by atoms with Crippen molar-refractivity contribution < 1.29 is 9.90 Å². The van der Waals surface area contributed by atoms with Gasteiger partial charge in [-0.1, -0.05) is 0 Å². The van der Waals surface area contributed by atoms with E-state index in [0.29, 0.717) is 4.88 Å². The number of aromatic carboxylic acids is 1. The average molecular weight is 229 g/mol. The van der Waals surface area contributed by atoms with E-state index in [1.54, 1.807) is 11.8 Å². The number of rotatable bonds is 2. The molecule has 0 aromatic carbocycles. The Bertz CT molecular complexity index is 373. The van der Waals surface area contributed by atoms with E-state index in [-0.39, 0.29) is 0 Å². The summed E-state index contributed by atoms with van der Waals surface area (Å²) in [5, 5.41) is 12.3. The monoisotopic (exact) mass is 229 g/mol. The molecule has 0 unspecified atom stereocenters. The number of carboxylic acids is 1. The van der Waals surface area contributed by atoms with E-state index >= 15 is 0 Å². The number of hydrogen-bond acceptors (Lipinski definition) is 4. The van der Waals surface area contributed by atoms with Crippen molar-refractivity contribution in [2.24, 2.45) is 0 Å². The summed E-state index contributed by atoms with van der Waals surface area (Å²) in [6.45, 7) is 1.70. The molecule has 2 rings (SSSR count). The van der Waals surface area contributed by atoms with Crippen LogP contribution in [0.15, 0.2) is 4.21 Å². The smallest absolute Gasteiger partial charge is 0.346 e. The molecule has 76 valence electrons. The van der Waals surface area contributed by atoms with E-state index in [4.69, 9.17) is 5.11 Å². The first kappa shape index (κ1) is 10.0. The van der Waals surface area contributed by atoms with Gasteiger partial charge in [0, 0.05) is 6.54 Å². The lowest BCUT2D eigenvalue weighted by Crippen LogP contribution is -2.23. The molecule has 0 spiro atoms. The Balaban J connectivity index is 2.52. The molecule has 3 nitrogen and oxygen atoms in total. The topological polar surface area (TPSA) is 49.3 Å². The molecule has 0 radical (unpaired) electrons. The lowest BCUT2D eigenvalue weighted by Gasteiger charge is -2.14. The maximum atomic E-state index is 11.0. The minimum absolute atomic E-state index is 0.533. The van der Waals surface area contributed by atoms with Crippen molar-refractivity contribution in [1.82, 2.24) is 5.32 Å². The van der Waals surface area contributed by atoms with Gasteiger partial charge < -0.3 is 10.4 Å². The maximum absolute atomic E-state index is 11.0. The summed E-state index contributed by atoms with van der Waals surface area (Å²) in [7, 11) is 0. The second kappa shape index (κ2) is 3.92. The lowest BCUT2D eigenvalue weighted by molar-refractivity contribution is 0.0701. The fraction of sp³-hybridized carbons (Fsp3) is 0.444. The first-order valence-electron chi connectivity index (χ1n) is 4.36. The molecule has 0 saturated carbocycles. The molecule has 0 saturated heterocycles. The lowest BCUT2D eigenvalue weighted by atomic mass is 10.0. The van der Waals surface area contributed by atoms with Gasteiger partial charge in [0.05, 0.1) is 4.21 Å². The molecule has 2 N–H and O–H groups in total. The number of carbonyl (C=O) groups is 1. The molecule has 0 aliphatic carbocycles. The third-order valence-electron chi connectivity index (χ3n) is 2.31. The van der Waals surface area contributed by atoms with Gasteiger partial charge >= 0.3 is 5.97 Å². The van der Waals surface area contributed by atoms with E-state index < -0.39 is 5.97 Å². The maximum Gasteiger partial charge on any atom is 0.346 e. The Morgan fingerprint density at radius 1 is 1.57 bits per heavy atom. The van der Waals surface area contributed by atoms with E-state index in [1.165, 1.54) is 16.9 Å². The summed E-state index contributed by atoms with van der Waals surface area (Å²) < 4.78 is 1.14. The Morgan fingerprint density at radius 2 is 2.36 bits per heavy atom. The molecule has 14 heavy (non-hydrogen) atoms. The van der Waals surface area contributed by atoms with Crippen molar-refractivity contribution >= 4 is 29.1 Å². The zero-order valence-electron chi connectivity index (χ0n) is 7.79. The van der Waals surface area contributed by atoms with Crippen molar-refractivity contribution in [3.63, 3.8) is 0 Å². The van der Waals surface area contributed by atoms with Gasteiger partial charge in [-0.15, -0.1) is 23.1 Å². The van der Waals surface area contributed by atoms with Crippen LogP contribution in [0.2, 0.25) is 0 Å². The molecule has 1 aromatic rings. The second-order valence-electron chi connectivity index (χ2n) is 3.11. The van der Waals surface area contributed by atoms with Crippen molar-refractivity contribution in [2.75, 3.05) is 12.8 Å². The highest BCUT2D eigenvalue weighted by Crippen LogP contribution is 2.36. The van der Waals surface area contributed by atoms with Crippen LogP contribution < -0.4 is 5.32 Å². The van der Waals surface area contributed by atoms with Gasteiger partial charge in [0.25, 0.3) is 0 Å². The van der Waals surface area contributed by atoms with Crippen LogP contribution in [0.4, 0.5) is 0 Å². The second-order valence-corrected chi connectivity index (χ2v) is 5.21. The molecule has 2 heterocycles. The standard InChI is InChI=1S/C9H11NO2S2/c1-13-9-6-4-10-3-2-5(6)7(14-9)8(11)12/h10H,2-4H2,1H3,(H,11,12). The average Bonchev–Trinajstić information content (AvgIpc) is 2.56. The van der Waals surface area contributed by atoms with Gasteiger partial charge in [-0.3, -0.25) is 0 Å². The van der Waals surface area contributed by atoms with E-state index in [2.05, 4.69) is 5.32 Å². The number of thiophene rings is 1. The number of carboxylic acid groups (broad SMARTS) is 1. The van der Waals surface area contributed by atoms with Gasteiger partial charge in [-0.25, -0.2) is 4.79 Å². The molecule has 1 aromatic heterocycles. The van der Waals surface area contributed by atoms with E-state index in [1.807, 2.05) is 6.26 Å². The fourth-order valence-corrected chi connectivity index (χ4v) is 3.65. The van der Waals surface area contributed by atoms with Crippen LogP contribution in [0.1, 0.15) is 20.8 Å². The van der Waals surface area contributed by atoms with Crippen molar-refractivity contribution in [2.45, 2.75) is 17.2 Å². The first-order chi connectivity index (χ1) is 6.74. The molecule has 0 fully saturated rings. The predicted octanol–water partition coefficient (Wildman–Crippen LogP) is 1.81. The van der Waals surface area contributed by atoms with Crippen LogP contribution in [0.25, 0.3) is 0 Å². The van der Waals surface area contributed by atoms with Gasteiger partial charge in [0.1, 0.15) is 4.88 Å². The summed E-state index contributed by atoms with van der Waals surface area (Å²) in [6.07, 6.45) is 2.83. The Morgan fingerprint density at radius 3 is 3.00 bits per heavy atom. The minimum atomic E-state index is -0.784. The highest BCUT2D eigenvalue weighted by molar-refractivity contribution is 8.00. The Labute approximate surface area is 90.5 Å². The number of hydrogen-bond donors (Lipinski definition) is 2. The minimum Gasteiger partial charge on any atom is -0.477 e. The molecular formula is C9H11NO2S2. The van der Waals surface area contributed by atoms with Gasteiger partial charge in [-0.05, 0) is 30.3 Å². The van der Waals surface area contributed by atoms with Crippen LogP contribution in [0.3, 0.4) is 0 Å². The summed E-state index contributed by atoms with van der Waals surface area (Å²) in [5.74, 6) is -0.784. The number of fused-ring (bicyclic) bond motifs is 1. The molecule has 0 atom stereocenters. The van der Waals surface area contributed by atoms with E-state index in [0.717, 1.165) is 29.3 Å². The van der Waals surface area contributed by atoms with Gasteiger partial charge in [-0.2, -0.15) is 0 Å². The summed E-state index contributed by atoms with van der Waals surface area (Å²) >= 11 is 3.04. The van der Waals surface area contributed by atoms with Crippen LogP contribution in [-0.2, 0) is 13.0 Å². The van der Waals surface area contributed by atoms with Crippen LogP contribution in [0, 0.1) is 0 Å². The molecule has 1 aliphatic heterocycles. The number of nitrogens with one attached hydrogen (secondary N) is 1. The molecule has 0 amide bonds.